The van der Waals surface area contributed by atoms with E-state index in [1.54, 1.807) is 0 Å². The van der Waals surface area contributed by atoms with Crippen LogP contribution in [0.4, 0.5) is 11.5 Å². The normalized spacial score (nSPS) is 10.6. The van der Waals surface area contributed by atoms with Gasteiger partial charge in [-0.05, 0) is 38.3 Å². The van der Waals surface area contributed by atoms with Crippen LogP contribution >= 0.6 is 0 Å². The van der Waals surface area contributed by atoms with Gasteiger partial charge in [-0.25, -0.2) is 4.98 Å². The first-order chi connectivity index (χ1) is 9.58. The maximum Gasteiger partial charge on any atom is 0.223 e. The minimum absolute atomic E-state index is 0.136. The summed E-state index contributed by atoms with van der Waals surface area (Å²) in [6, 6.07) is 3.73. The van der Waals surface area contributed by atoms with Gasteiger partial charge in [-0.3, -0.25) is 4.79 Å². The molecule has 1 amide bonds. The number of nitrogens with two attached hydrogens (primary N) is 1. The van der Waals surface area contributed by atoms with Crippen molar-refractivity contribution in [1.82, 2.24) is 10.3 Å². The van der Waals surface area contributed by atoms with Gasteiger partial charge in [-0.1, -0.05) is 13.8 Å². The van der Waals surface area contributed by atoms with Crippen molar-refractivity contribution in [2.75, 3.05) is 24.1 Å². The third-order valence-corrected chi connectivity index (χ3v) is 3.37. The van der Waals surface area contributed by atoms with Crippen molar-refractivity contribution in [3.05, 3.63) is 17.8 Å². The van der Waals surface area contributed by atoms with E-state index in [9.17, 15) is 4.79 Å². The van der Waals surface area contributed by atoms with Crippen LogP contribution in [0, 0.1) is 12.8 Å². The van der Waals surface area contributed by atoms with Crippen LogP contribution in [0.3, 0.4) is 0 Å². The quantitative estimate of drug-likeness (QED) is 0.638. The summed E-state index contributed by atoms with van der Waals surface area (Å²) in [6.07, 6.45) is 2.63. The number of nitrogens with zero attached hydrogens (tertiary/aromatic N) is 1. The third-order valence-electron chi connectivity index (χ3n) is 3.37. The number of carbonyl (C=O) groups excluding carboxylic acids is 1. The largest absolute Gasteiger partial charge is 0.396 e. The number of pyridine rings is 1. The van der Waals surface area contributed by atoms with E-state index in [0.717, 1.165) is 37.3 Å². The minimum atomic E-state index is 0.136. The molecule has 0 spiro atoms. The molecule has 0 aromatic carbocycles. The molecule has 5 nitrogen and oxygen atoms in total. The maximum atomic E-state index is 11.8. The molecule has 0 aliphatic heterocycles. The molecule has 20 heavy (non-hydrogen) atoms. The van der Waals surface area contributed by atoms with Gasteiger partial charge < -0.3 is 16.4 Å². The van der Waals surface area contributed by atoms with Crippen molar-refractivity contribution >= 4 is 17.4 Å². The lowest BCUT2D eigenvalue weighted by Gasteiger charge is -2.13. The lowest BCUT2D eigenvalue weighted by Crippen LogP contribution is -2.31. The fourth-order valence-electron chi connectivity index (χ4n) is 2.02. The third kappa shape index (κ3) is 5.07. The number of hydrogen-bond acceptors (Lipinski definition) is 4. The minimum Gasteiger partial charge on any atom is -0.396 e. The Morgan fingerprint density at radius 1 is 1.30 bits per heavy atom. The Bertz CT molecular complexity index is 430. The SMILES string of the molecule is CCC(CC)C(=O)NCCCNc1nc(C)ccc1N. The number of aryl methyl sites for hydroxylation is 1. The van der Waals surface area contributed by atoms with Crippen LogP contribution in [0.2, 0.25) is 0 Å². The van der Waals surface area contributed by atoms with Crippen LogP contribution in [0.5, 0.6) is 0 Å². The van der Waals surface area contributed by atoms with E-state index >= 15 is 0 Å². The van der Waals surface area contributed by atoms with Crippen molar-refractivity contribution in [2.24, 2.45) is 5.92 Å². The monoisotopic (exact) mass is 278 g/mol. The van der Waals surface area contributed by atoms with Gasteiger partial charge in [0.15, 0.2) is 0 Å². The highest BCUT2D eigenvalue weighted by Crippen LogP contribution is 2.14. The van der Waals surface area contributed by atoms with E-state index in [1.807, 2.05) is 32.9 Å². The van der Waals surface area contributed by atoms with Crippen molar-refractivity contribution in [2.45, 2.75) is 40.0 Å². The molecular weight excluding hydrogens is 252 g/mol. The highest BCUT2D eigenvalue weighted by molar-refractivity contribution is 5.78. The standard InChI is InChI=1S/C15H26N4O/c1-4-12(5-2)15(20)18-10-6-9-17-14-13(16)8-7-11(3)19-14/h7-8,12H,4-6,9-10,16H2,1-3H3,(H,17,19)(H,18,20). The average Bonchev–Trinajstić information content (AvgIpc) is 2.43. The average molecular weight is 278 g/mol. The lowest BCUT2D eigenvalue weighted by atomic mass is 10.0. The Balaban J connectivity index is 2.25. The highest BCUT2D eigenvalue weighted by Gasteiger charge is 2.12. The Hall–Kier alpha value is -1.78. The fourth-order valence-corrected chi connectivity index (χ4v) is 2.02. The second-order valence-corrected chi connectivity index (χ2v) is 4.98. The number of nitrogens with one attached hydrogen (secondary N) is 2. The number of carbonyl (C=O) groups is 1. The summed E-state index contributed by atoms with van der Waals surface area (Å²) in [7, 11) is 0. The smallest absolute Gasteiger partial charge is 0.223 e. The highest BCUT2D eigenvalue weighted by atomic mass is 16.1. The molecule has 5 heteroatoms. The number of rotatable bonds is 8. The molecule has 0 aliphatic carbocycles. The molecule has 1 heterocycles. The van der Waals surface area contributed by atoms with E-state index in [2.05, 4.69) is 15.6 Å². The molecule has 0 aliphatic rings. The molecule has 0 bridgehead atoms. The molecule has 0 saturated heterocycles. The molecule has 1 rings (SSSR count). The summed E-state index contributed by atoms with van der Waals surface area (Å²) >= 11 is 0. The summed E-state index contributed by atoms with van der Waals surface area (Å²) in [5, 5.41) is 6.16. The topological polar surface area (TPSA) is 80.0 Å². The van der Waals surface area contributed by atoms with Gasteiger partial charge in [-0.2, -0.15) is 0 Å². The molecule has 1 aromatic heterocycles. The summed E-state index contributed by atoms with van der Waals surface area (Å²) in [5.41, 5.74) is 7.42. The number of nitrogen functional groups attached to an aromatic ring is 1. The van der Waals surface area contributed by atoms with Crippen LogP contribution < -0.4 is 16.4 Å². The number of anilines is 2. The molecule has 4 N–H and O–H groups in total. The molecule has 1 aromatic rings. The van der Waals surface area contributed by atoms with Crippen LogP contribution in [0.25, 0.3) is 0 Å². The van der Waals surface area contributed by atoms with E-state index in [-0.39, 0.29) is 11.8 Å². The van der Waals surface area contributed by atoms with Gasteiger partial charge in [0.25, 0.3) is 0 Å². The predicted octanol–water partition coefficient (Wildman–Crippen LogP) is 2.33. The zero-order chi connectivity index (χ0) is 15.0. The Morgan fingerprint density at radius 3 is 2.65 bits per heavy atom. The van der Waals surface area contributed by atoms with E-state index in [0.29, 0.717) is 12.2 Å². The molecule has 0 radical (unpaired) electrons. The van der Waals surface area contributed by atoms with E-state index in [4.69, 9.17) is 5.73 Å². The second-order valence-electron chi connectivity index (χ2n) is 4.98. The maximum absolute atomic E-state index is 11.8. The molecule has 0 atom stereocenters. The predicted molar refractivity (Wildman–Crippen MR) is 83.6 cm³/mol. The Labute approximate surface area is 121 Å². The molecule has 0 fully saturated rings. The summed E-state index contributed by atoms with van der Waals surface area (Å²) in [5.74, 6) is 1.01. The van der Waals surface area contributed by atoms with Crippen molar-refractivity contribution < 1.29 is 4.79 Å². The van der Waals surface area contributed by atoms with Gasteiger partial charge in [0, 0.05) is 24.7 Å². The molecule has 0 saturated carbocycles. The van der Waals surface area contributed by atoms with Crippen molar-refractivity contribution in [3.8, 4) is 0 Å². The fraction of sp³-hybridized carbons (Fsp3) is 0.600. The van der Waals surface area contributed by atoms with Gasteiger partial charge in [0.2, 0.25) is 5.91 Å². The number of hydrogen-bond donors (Lipinski definition) is 3. The summed E-state index contributed by atoms with van der Waals surface area (Å²) in [6.45, 7) is 7.43. The number of amides is 1. The van der Waals surface area contributed by atoms with Gasteiger partial charge in [-0.15, -0.1) is 0 Å². The van der Waals surface area contributed by atoms with Crippen LogP contribution in [0.1, 0.15) is 38.8 Å². The van der Waals surface area contributed by atoms with Crippen molar-refractivity contribution in [3.63, 3.8) is 0 Å². The zero-order valence-electron chi connectivity index (χ0n) is 12.7. The molecule has 0 unspecified atom stereocenters. The number of aromatic nitrogens is 1. The van der Waals surface area contributed by atoms with Crippen molar-refractivity contribution in [1.29, 1.82) is 0 Å². The van der Waals surface area contributed by atoms with Crippen LogP contribution in [-0.2, 0) is 4.79 Å². The molecular formula is C15H26N4O. The lowest BCUT2D eigenvalue weighted by molar-refractivity contribution is -0.125. The van der Waals surface area contributed by atoms with E-state index in [1.165, 1.54) is 0 Å². The Kier molecular flexibility index (Phi) is 6.84. The summed E-state index contributed by atoms with van der Waals surface area (Å²) < 4.78 is 0. The van der Waals surface area contributed by atoms with Gasteiger partial charge in [0.1, 0.15) is 5.82 Å². The first-order valence-electron chi connectivity index (χ1n) is 7.33. The van der Waals surface area contributed by atoms with Crippen LogP contribution in [-0.4, -0.2) is 24.0 Å². The summed E-state index contributed by atoms with van der Waals surface area (Å²) in [4.78, 5) is 16.1. The first kappa shape index (κ1) is 16.3. The van der Waals surface area contributed by atoms with Crippen LogP contribution in [0.15, 0.2) is 12.1 Å². The second kappa shape index (κ2) is 8.40. The van der Waals surface area contributed by atoms with Gasteiger partial charge in [0.05, 0.1) is 5.69 Å². The Morgan fingerprint density at radius 2 is 2.00 bits per heavy atom. The zero-order valence-corrected chi connectivity index (χ0v) is 12.7. The van der Waals surface area contributed by atoms with Gasteiger partial charge >= 0.3 is 0 Å². The molecule has 112 valence electrons. The van der Waals surface area contributed by atoms with E-state index < -0.39 is 0 Å². The first-order valence-corrected chi connectivity index (χ1v) is 7.33.